The number of nitrogens with one attached hydrogen (secondary N) is 2. The quantitative estimate of drug-likeness (QED) is 0.672. The number of aromatic nitrogens is 1. The molecule has 2 aliphatic rings. The van der Waals surface area contributed by atoms with Crippen LogP contribution in [0.1, 0.15) is 42.5 Å². The molecule has 25 heavy (non-hydrogen) atoms. The van der Waals surface area contributed by atoms with Crippen molar-refractivity contribution in [3.8, 4) is 0 Å². The number of aliphatic hydroxyl groups is 1. The van der Waals surface area contributed by atoms with Crippen LogP contribution >= 0.6 is 0 Å². The highest BCUT2D eigenvalue weighted by molar-refractivity contribution is 5.94. The van der Waals surface area contributed by atoms with Crippen LogP contribution in [0.25, 0.3) is 0 Å². The van der Waals surface area contributed by atoms with E-state index >= 15 is 0 Å². The van der Waals surface area contributed by atoms with Crippen molar-refractivity contribution < 1.29 is 19.4 Å². The first-order valence-corrected chi connectivity index (χ1v) is 8.89. The molecule has 1 aliphatic heterocycles. The van der Waals surface area contributed by atoms with E-state index in [-0.39, 0.29) is 30.6 Å². The van der Waals surface area contributed by atoms with Crippen molar-refractivity contribution in [1.82, 2.24) is 15.6 Å². The van der Waals surface area contributed by atoms with Crippen LogP contribution in [0.15, 0.2) is 24.5 Å². The molecule has 0 aromatic carbocycles. The lowest BCUT2D eigenvalue weighted by Gasteiger charge is -2.36. The Morgan fingerprint density at radius 1 is 1.20 bits per heavy atom. The summed E-state index contributed by atoms with van der Waals surface area (Å²) < 4.78 is 5.84. The average molecular weight is 347 g/mol. The first-order chi connectivity index (χ1) is 12.2. The van der Waals surface area contributed by atoms with E-state index in [2.05, 4.69) is 15.6 Å². The van der Waals surface area contributed by atoms with Crippen LogP contribution in [0.4, 0.5) is 0 Å². The molecule has 2 amide bonds. The van der Waals surface area contributed by atoms with Gasteiger partial charge in [0, 0.05) is 24.5 Å². The highest BCUT2D eigenvalue weighted by atomic mass is 16.5. The topological polar surface area (TPSA) is 101 Å². The number of amides is 2. The van der Waals surface area contributed by atoms with Crippen molar-refractivity contribution in [1.29, 1.82) is 0 Å². The summed E-state index contributed by atoms with van der Waals surface area (Å²) in [6.45, 7) is 0.557. The summed E-state index contributed by atoms with van der Waals surface area (Å²) >= 11 is 0. The third-order valence-corrected chi connectivity index (χ3v) is 4.75. The predicted molar refractivity (Wildman–Crippen MR) is 90.8 cm³/mol. The predicted octanol–water partition coefficient (Wildman–Crippen LogP) is 0.636. The zero-order valence-electron chi connectivity index (χ0n) is 14.2. The maximum atomic E-state index is 12.2. The summed E-state index contributed by atoms with van der Waals surface area (Å²) in [5.41, 5.74) is 0.522. The molecule has 0 unspecified atom stereocenters. The molecule has 7 nitrogen and oxygen atoms in total. The first kappa shape index (κ1) is 17.8. The molecule has 3 N–H and O–H groups in total. The maximum absolute atomic E-state index is 12.2. The summed E-state index contributed by atoms with van der Waals surface area (Å²) in [6, 6.07) is 3.01. The Morgan fingerprint density at radius 3 is 2.64 bits per heavy atom. The molecule has 1 aromatic heterocycles. The van der Waals surface area contributed by atoms with Crippen molar-refractivity contribution in [3.63, 3.8) is 0 Å². The van der Waals surface area contributed by atoms with E-state index in [1.807, 2.05) is 0 Å². The van der Waals surface area contributed by atoms with Gasteiger partial charge in [0.1, 0.15) is 6.10 Å². The zero-order chi connectivity index (χ0) is 17.6. The first-order valence-electron chi connectivity index (χ1n) is 8.89. The summed E-state index contributed by atoms with van der Waals surface area (Å²) in [5, 5.41) is 15.4. The molecule has 3 atom stereocenters. The standard InChI is InChI=1S/C18H25N3O4/c22-11-16-15(21-18(24)13-5-7-19-8-6-13)4-3-14(25-16)9-17(23)20-10-12-1-2-12/h5-8,12,14-16,22H,1-4,9-11H2,(H,20,23)(H,21,24)/t14-,15-,16-/m0/s1. The van der Waals surface area contributed by atoms with E-state index in [1.54, 1.807) is 24.5 Å². The lowest BCUT2D eigenvalue weighted by Crippen LogP contribution is -2.51. The van der Waals surface area contributed by atoms with Crippen molar-refractivity contribution in [2.24, 2.45) is 5.92 Å². The van der Waals surface area contributed by atoms with Crippen LogP contribution in [0, 0.1) is 5.92 Å². The third-order valence-electron chi connectivity index (χ3n) is 4.75. The highest BCUT2D eigenvalue weighted by Gasteiger charge is 2.33. The van der Waals surface area contributed by atoms with Gasteiger partial charge < -0.3 is 20.5 Å². The van der Waals surface area contributed by atoms with Crippen molar-refractivity contribution in [3.05, 3.63) is 30.1 Å². The Morgan fingerprint density at radius 2 is 1.96 bits per heavy atom. The molecular weight excluding hydrogens is 322 g/mol. The normalized spacial score (nSPS) is 26.0. The van der Waals surface area contributed by atoms with Crippen molar-refractivity contribution in [2.45, 2.75) is 50.4 Å². The molecule has 0 radical (unpaired) electrons. The van der Waals surface area contributed by atoms with Gasteiger partial charge in [-0.1, -0.05) is 0 Å². The minimum absolute atomic E-state index is 0.00661. The minimum atomic E-state index is -0.499. The van der Waals surface area contributed by atoms with Gasteiger partial charge in [0.25, 0.3) is 5.91 Å². The number of hydrogen-bond donors (Lipinski definition) is 3. The molecule has 136 valence electrons. The second-order valence-electron chi connectivity index (χ2n) is 6.82. The van der Waals surface area contributed by atoms with Crippen LogP contribution in [0.5, 0.6) is 0 Å². The number of pyridine rings is 1. The fourth-order valence-electron chi connectivity index (χ4n) is 3.06. The molecular formula is C18H25N3O4. The number of hydrogen-bond acceptors (Lipinski definition) is 5. The van der Waals surface area contributed by atoms with E-state index in [1.165, 1.54) is 12.8 Å². The molecule has 3 rings (SSSR count). The molecule has 7 heteroatoms. The fraction of sp³-hybridized carbons (Fsp3) is 0.611. The van der Waals surface area contributed by atoms with E-state index in [0.29, 0.717) is 30.7 Å². The van der Waals surface area contributed by atoms with Gasteiger partial charge in [0.15, 0.2) is 0 Å². The lowest BCUT2D eigenvalue weighted by atomic mass is 9.96. The Kier molecular flexibility index (Phi) is 5.99. The van der Waals surface area contributed by atoms with E-state index in [0.717, 1.165) is 6.54 Å². The molecule has 1 aromatic rings. The SMILES string of the molecule is O=C(C[C@@H]1CC[C@H](NC(=O)c2ccncc2)[C@H](CO)O1)NCC1CC1. The number of aliphatic hydroxyl groups excluding tert-OH is 1. The third kappa shape index (κ3) is 5.24. The average Bonchev–Trinajstić information content (AvgIpc) is 3.46. The number of rotatable bonds is 7. The molecule has 1 saturated carbocycles. The van der Waals surface area contributed by atoms with Gasteiger partial charge in [0.05, 0.1) is 25.2 Å². The lowest BCUT2D eigenvalue weighted by molar-refractivity contribution is -0.130. The molecule has 1 saturated heterocycles. The van der Waals surface area contributed by atoms with Crippen LogP contribution in [-0.4, -0.2) is 53.3 Å². The molecule has 1 aliphatic carbocycles. The van der Waals surface area contributed by atoms with Crippen molar-refractivity contribution >= 4 is 11.8 Å². The van der Waals surface area contributed by atoms with Crippen LogP contribution in [0.2, 0.25) is 0 Å². The number of carbonyl (C=O) groups is 2. The molecule has 0 bridgehead atoms. The number of ether oxygens (including phenoxy) is 1. The summed E-state index contributed by atoms with van der Waals surface area (Å²) in [5.74, 6) is 0.428. The maximum Gasteiger partial charge on any atom is 0.251 e. The molecule has 2 fully saturated rings. The van der Waals surface area contributed by atoms with Gasteiger partial charge in [-0.05, 0) is 43.7 Å². The smallest absolute Gasteiger partial charge is 0.251 e. The van der Waals surface area contributed by atoms with Gasteiger partial charge in [0.2, 0.25) is 5.91 Å². The Balaban J connectivity index is 1.47. The Bertz CT molecular complexity index is 591. The van der Waals surface area contributed by atoms with E-state index < -0.39 is 6.10 Å². The van der Waals surface area contributed by atoms with Crippen molar-refractivity contribution in [2.75, 3.05) is 13.2 Å². The van der Waals surface area contributed by atoms with Crippen LogP contribution in [0.3, 0.4) is 0 Å². The van der Waals surface area contributed by atoms with Gasteiger partial charge in [-0.3, -0.25) is 14.6 Å². The Hall–Kier alpha value is -1.99. The van der Waals surface area contributed by atoms with Gasteiger partial charge >= 0.3 is 0 Å². The molecule has 0 spiro atoms. The van der Waals surface area contributed by atoms with Crippen LogP contribution in [-0.2, 0) is 9.53 Å². The second kappa shape index (κ2) is 8.40. The van der Waals surface area contributed by atoms with Gasteiger partial charge in [-0.15, -0.1) is 0 Å². The van der Waals surface area contributed by atoms with Crippen LogP contribution < -0.4 is 10.6 Å². The van der Waals surface area contributed by atoms with Gasteiger partial charge in [-0.25, -0.2) is 0 Å². The number of nitrogens with zero attached hydrogens (tertiary/aromatic N) is 1. The Labute approximate surface area is 147 Å². The minimum Gasteiger partial charge on any atom is -0.394 e. The largest absolute Gasteiger partial charge is 0.394 e. The van der Waals surface area contributed by atoms with E-state index in [4.69, 9.17) is 4.74 Å². The number of carbonyl (C=O) groups excluding carboxylic acids is 2. The summed E-state index contributed by atoms with van der Waals surface area (Å²) in [7, 11) is 0. The zero-order valence-corrected chi connectivity index (χ0v) is 14.2. The van der Waals surface area contributed by atoms with Gasteiger partial charge in [-0.2, -0.15) is 0 Å². The summed E-state index contributed by atoms with van der Waals surface area (Å²) in [6.07, 6.45) is 6.45. The van der Waals surface area contributed by atoms with E-state index in [9.17, 15) is 14.7 Å². The fourth-order valence-corrected chi connectivity index (χ4v) is 3.06. The second-order valence-corrected chi connectivity index (χ2v) is 6.82. The monoisotopic (exact) mass is 347 g/mol. The highest BCUT2D eigenvalue weighted by Crippen LogP contribution is 2.28. The molecule has 2 heterocycles. The summed E-state index contributed by atoms with van der Waals surface area (Å²) in [4.78, 5) is 28.1.